The quantitative estimate of drug-likeness (QED) is 0.604. The molecular weight excluding hydrogens is 366 g/mol. The first-order chi connectivity index (χ1) is 11.3. The number of hydrogen-bond acceptors (Lipinski definition) is 3. The fraction of sp³-hybridized carbons (Fsp3) is 0.158. The van der Waals surface area contributed by atoms with Gasteiger partial charge in [0.05, 0.1) is 12.7 Å². The standard InChI is InChI=1S/C19H18N3O.BrH/c23-19(17-10-5-2-6-11-17)15-21-13-7-12-20-18(21)22(19)14-16-8-3-1-4-9-16;/h1-13,23H,14-15H2;1H/q+1;/p-1. The first kappa shape index (κ1) is 16.6. The maximum Gasteiger partial charge on any atom is 0.397 e. The van der Waals surface area contributed by atoms with Gasteiger partial charge in [-0.25, -0.2) is 9.47 Å². The van der Waals surface area contributed by atoms with Gasteiger partial charge in [-0.3, -0.25) is 0 Å². The highest BCUT2D eigenvalue weighted by Crippen LogP contribution is 2.34. The van der Waals surface area contributed by atoms with E-state index in [-0.39, 0.29) is 17.0 Å². The minimum atomic E-state index is -1.10. The summed E-state index contributed by atoms with van der Waals surface area (Å²) in [4.78, 5) is 6.46. The van der Waals surface area contributed by atoms with Crippen molar-refractivity contribution in [3.05, 3.63) is 90.3 Å². The van der Waals surface area contributed by atoms with Crippen LogP contribution in [0.4, 0.5) is 5.95 Å². The van der Waals surface area contributed by atoms with Crippen LogP contribution in [0.25, 0.3) is 0 Å². The molecule has 3 aromatic rings. The molecule has 1 aliphatic heterocycles. The van der Waals surface area contributed by atoms with Crippen molar-refractivity contribution in [1.29, 1.82) is 0 Å². The Hall–Kier alpha value is -2.24. The Labute approximate surface area is 151 Å². The molecule has 0 bridgehead atoms. The van der Waals surface area contributed by atoms with E-state index < -0.39 is 5.72 Å². The van der Waals surface area contributed by atoms with E-state index in [9.17, 15) is 5.11 Å². The van der Waals surface area contributed by atoms with E-state index in [2.05, 4.69) is 17.1 Å². The highest BCUT2D eigenvalue weighted by atomic mass is 79.9. The van der Waals surface area contributed by atoms with Crippen molar-refractivity contribution in [3.8, 4) is 0 Å². The third-order valence-corrected chi connectivity index (χ3v) is 4.30. The maximum atomic E-state index is 11.5. The number of rotatable bonds is 3. The summed E-state index contributed by atoms with van der Waals surface area (Å²) in [5, 5.41) is 11.5. The molecule has 0 saturated carbocycles. The summed E-state index contributed by atoms with van der Waals surface area (Å²) >= 11 is 0. The average molecular weight is 384 g/mol. The minimum absolute atomic E-state index is 0. The second-order valence-electron chi connectivity index (χ2n) is 5.80. The number of hydrogen-bond donors (Lipinski definition) is 1. The molecule has 4 rings (SSSR count). The van der Waals surface area contributed by atoms with Gasteiger partial charge in [0, 0.05) is 11.6 Å². The summed E-state index contributed by atoms with van der Waals surface area (Å²) in [6, 6.07) is 21.8. The lowest BCUT2D eigenvalue weighted by Crippen LogP contribution is -3.00. The van der Waals surface area contributed by atoms with Crippen LogP contribution in [-0.4, -0.2) is 10.1 Å². The Balaban J connectivity index is 0.00000169. The highest BCUT2D eigenvalue weighted by Gasteiger charge is 2.51. The molecule has 1 aliphatic rings. The molecule has 0 aliphatic carbocycles. The Morgan fingerprint density at radius 3 is 2.38 bits per heavy atom. The van der Waals surface area contributed by atoms with Crippen molar-refractivity contribution in [3.63, 3.8) is 0 Å². The fourth-order valence-electron chi connectivity index (χ4n) is 3.15. The molecule has 24 heavy (non-hydrogen) atoms. The van der Waals surface area contributed by atoms with E-state index in [4.69, 9.17) is 0 Å². The number of halogens is 1. The van der Waals surface area contributed by atoms with E-state index in [1.54, 1.807) is 6.20 Å². The zero-order valence-corrected chi connectivity index (χ0v) is 14.7. The number of anilines is 1. The number of benzene rings is 2. The third kappa shape index (κ3) is 2.81. The van der Waals surface area contributed by atoms with Gasteiger partial charge in [0.1, 0.15) is 12.7 Å². The maximum absolute atomic E-state index is 11.5. The van der Waals surface area contributed by atoms with Crippen LogP contribution in [0, 0.1) is 0 Å². The van der Waals surface area contributed by atoms with Crippen LogP contribution in [-0.2, 0) is 18.8 Å². The average Bonchev–Trinajstić information content (AvgIpc) is 2.90. The zero-order chi connectivity index (χ0) is 15.7. The third-order valence-electron chi connectivity index (χ3n) is 4.30. The zero-order valence-electron chi connectivity index (χ0n) is 13.1. The lowest BCUT2D eigenvalue weighted by atomic mass is 10.0. The van der Waals surface area contributed by atoms with Gasteiger partial charge in [0.2, 0.25) is 5.72 Å². The van der Waals surface area contributed by atoms with Gasteiger partial charge in [-0.2, -0.15) is 0 Å². The van der Waals surface area contributed by atoms with E-state index in [0.717, 1.165) is 17.1 Å². The molecule has 1 N–H and O–H groups in total. The smallest absolute Gasteiger partial charge is 0.397 e. The van der Waals surface area contributed by atoms with Crippen molar-refractivity contribution in [2.75, 3.05) is 4.90 Å². The van der Waals surface area contributed by atoms with Gasteiger partial charge in [-0.05, 0) is 5.56 Å². The van der Waals surface area contributed by atoms with Gasteiger partial charge in [-0.1, -0.05) is 65.6 Å². The first-order valence-electron chi connectivity index (χ1n) is 7.71. The molecule has 122 valence electrons. The predicted molar refractivity (Wildman–Crippen MR) is 87.4 cm³/mol. The molecule has 0 radical (unpaired) electrons. The number of aliphatic hydroxyl groups is 1. The molecular formula is C19H18BrN3O. The number of nitrogens with zero attached hydrogens (tertiary/aromatic N) is 3. The Morgan fingerprint density at radius 2 is 1.67 bits per heavy atom. The van der Waals surface area contributed by atoms with Crippen LogP contribution in [0.3, 0.4) is 0 Å². The van der Waals surface area contributed by atoms with Crippen molar-refractivity contribution in [2.45, 2.75) is 18.8 Å². The number of aromatic nitrogens is 2. The molecule has 1 aromatic heterocycles. The second-order valence-corrected chi connectivity index (χ2v) is 5.80. The molecule has 2 aromatic carbocycles. The van der Waals surface area contributed by atoms with Crippen molar-refractivity contribution < 1.29 is 26.7 Å². The van der Waals surface area contributed by atoms with Crippen LogP contribution in [0.5, 0.6) is 0 Å². The SMILES string of the molecule is OC1(c2ccccc2)C[n+]2cccnc2N1Cc1ccccc1.[Br-]. The van der Waals surface area contributed by atoms with Crippen LogP contribution in [0.1, 0.15) is 11.1 Å². The topological polar surface area (TPSA) is 40.2 Å². The molecule has 2 heterocycles. The largest absolute Gasteiger partial charge is 1.00 e. The van der Waals surface area contributed by atoms with Crippen LogP contribution in [0.2, 0.25) is 0 Å². The summed E-state index contributed by atoms with van der Waals surface area (Å²) in [5.41, 5.74) is 0.917. The molecule has 1 unspecified atom stereocenters. The normalized spacial score (nSPS) is 18.8. The van der Waals surface area contributed by atoms with Crippen LogP contribution < -0.4 is 26.4 Å². The Morgan fingerprint density at radius 1 is 1.00 bits per heavy atom. The molecule has 0 fully saturated rings. The lowest BCUT2D eigenvalue weighted by Gasteiger charge is -2.28. The Kier molecular flexibility index (Phi) is 4.64. The number of fused-ring (bicyclic) bond motifs is 1. The summed E-state index contributed by atoms with van der Waals surface area (Å²) in [7, 11) is 0. The van der Waals surface area contributed by atoms with Gasteiger partial charge in [0.15, 0.2) is 0 Å². The summed E-state index contributed by atoms with van der Waals surface area (Å²) in [6.07, 6.45) is 3.72. The van der Waals surface area contributed by atoms with Crippen LogP contribution >= 0.6 is 0 Å². The molecule has 0 spiro atoms. The van der Waals surface area contributed by atoms with Gasteiger partial charge in [0.25, 0.3) is 0 Å². The van der Waals surface area contributed by atoms with E-state index in [0.29, 0.717) is 13.1 Å². The fourth-order valence-corrected chi connectivity index (χ4v) is 3.15. The first-order valence-corrected chi connectivity index (χ1v) is 7.71. The molecule has 4 nitrogen and oxygen atoms in total. The minimum Gasteiger partial charge on any atom is -1.00 e. The second kappa shape index (κ2) is 6.71. The summed E-state index contributed by atoms with van der Waals surface area (Å²) < 4.78 is 2.00. The van der Waals surface area contributed by atoms with Crippen molar-refractivity contribution >= 4 is 5.95 Å². The van der Waals surface area contributed by atoms with Crippen LogP contribution in [0.15, 0.2) is 79.1 Å². The van der Waals surface area contributed by atoms with Crippen molar-refractivity contribution in [2.24, 2.45) is 0 Å². The van der Waals surface area contributed by atoms with E-state index in [1.807, 2.05) is 70.3 Å². The van der Waals surface area contributed by atoms with E-state index in [1.165, 1.54) is 0 Å². The predicted octanol–water partition coefficient (Wildman–Crippen LogP) is -0.761. The van der Waals surface area contributed by atoms with Crippen molar-refractivity contribution in [1.82, 2.24) is 4.98 Å². The van der Waals surface area contributed by atoms with Gasteiger partial charge in [-0.15, -0.1) is 0 Å². The molecule has 1 atom stereocenters. The van der Waals surface area contributed by atoms with Gasteiger partial charge < -0.3 is 22.1 Å². The monoisotopic (exact) mass is 383 g/mol. The molecule has 5 heteroatoms. The lowest BCUT2D eigenvalue weighted by molar-refractivity contribution is -0.685. The molecule has 0 amide bonds. The summed E-state index contributed by atoms with van der Waals surface area (Å²) in [5.74, 6) is 0.780. The van der Waals surface area contributed by atoms with E-state index >= 15 is 0 Å². The van der Waals surface area contributed by atoms with Gasteiger partial charge >= 0.3 is 5.95 Å². The summed E-state index contributed by atoms with van der Waals surface area (Å²) in [6.45, 7) is 1.07. The molecule has 0 saturated heterocycles. The Bertz CT molecular complexity index is 813. The highest BCUT2D eigenvalue weighted by molar-refractivity contribution is 5.39.